The van der Waals surface area contributed by atoms with E-state index in [0.717, 1.165) is 16.8 Å². The lowest BCUT2D eigenvalue weighted by Crippen LogP contribution is -2.38. The van der Waals surface area contributed by atoms with Crippen molar-refractivity contribution in [2.24, 2.45) is 5.73 Å². The number of aryl methyl sites for hydroxylation is 2. The van der Waals surface area contributed by atoms with Crippen LogP contribution >= 0.6 is 46.3 Å². The van der Waals surface area contributed by atoms with Gasteiger partial charge in [0.25, 0.3) is 0 Å². The van der Waals surface area contributed by atoms with E-state index in [1.807, 2.05) is 32.0 Å². The molecule has 204 valence electrons. The molecule has 5 rings (SSSR count). The number of nitrogens with two attached hydrogens (primary N) is 1. The van der Waals surface area contributed by atoms with E-state index >= 15 is 0 Å². The first kappa shape index (κ1) is 28.2. The normalized spacial score (nSPS) is 17.1. The number of carbonyl (C=O) groups excluding carboxylic acids is 2. The number of thioether (sulfide) groups is 1. The predicted octanol–water partition coefficient (Wildman–Crippen LogP) is 6.50. The summed E-state index contributed by atoms with van der Waals surface area (Å²) >= 11 is 15.5. The molecule has 2 aliphatic rings. The van der Waals surface area contributed by atoms with E-state index < -0.39 is 5.92 Å². The van der Waals surface area contributed by atoms with Crippen molar-refractivity contribution in [2.45, 2.75) is 43.4 Å². The number of aromatic nitrogens is 2. The quantitative estimate of drug-likeness (QED) is 0.303. The van der Waals surface area contributed by atoms with Gasteiger partial charge < -0.3 is 11.1 Å². The van der Waals surface area contributed by atoms with Crippen LogP contribution in [0.15, 0.2) is 63.4 Å². The zero-order chi connectivity index (χ0) is 28.6. The van der Waals surface area contributed by atoms with E-state index in [0.29, 0.717) is 55.6 Å². The number of allylic oxidation sites excluding steroid dienone is 3. The van der Waals surface area contributed by atoms with Gasteiger partial charge in [0.15, 0.2) is 10.1 Å². The van der Waals surface area contributed by atoms with Gasteiger partial charge in [-0.15, -0.1) is 10.2 Å². The van der Waals surface area contributed by atoms with Crippen molar-refractivity contribution < 1.29 is 9.59 Å². The summed E-state index contributed by atoms with van der Waals surface area (Å²) in [6, 6.07) is 13.0. The highest BCUT2D eigenvalue weighted by atomic mass is 35.5. The zero-order valence-corrected chi connectivity index (χ0v) is 24.8. The van der Waals surface area contributed by atoms with Crippen LogP contribution in [0, 0.1) is 25.2 Å². The van der Waals surface area contributed by atoms with Crippen LogP contribution in [0.1, 0.15) is 41.9 Å². The average molecular weight is 612 g/mol. The molecule has 1 aliphatic carbocycles. The third-order valence-corrected chi connectivity index (χ3v) is 9.61. The summed E-state index contributed by atoms with van der Waals surface area (Å²) in [4.78, 5) is 27.5. The summed E-state index contributed by atoms with van der Waals surface area (Å²) in [6.45, 7) is 4.01. The molecule has 1 amide bonds. The van der Waals surface area contributed by atoms with Crippen molar-refractivity contribution in [3.8, 4) is 6.07 Å². The molecule has 8 nitrogen and oxygen atoms in total. The molecule has 3 N–H and O–H groups in total. The Kier molecular flexibility index (Phi) is 8.19. The van der Waals surface area contributed by atoms with Crippen molar-refractivity contribution in [2.75, 3.05) is 16.0 Å². The number of nitrogens with zero attached hydrogens (tertiary/aromatic N) is 4. The lowest BCUT2D eigenvalue weighted by atomic mass is 9.75. The lowest BCUT2D eigenvalue weighted by molar-refractivity contribution is -0.116. The van der Waals surface area contributed by atoms with Crippen LogP contribution in [-0.2, 0) is 9.59 Å². The summed E-state index contributed by atoms with van der Waals surface area (Å²) in [7, 11) is 0. The Morgan fingerprint density at radius 1 is 1.20 bits per heavy atom. The van der Waals surface area contributed by atoms with Crippen molar-refractivity contribution in [3.05, 3.63) is 85.8 Å². The number of nitrogens with one attached hydrogen (secondary N) is 1. The van der Waals surface area contributed by atoms with E-state index in [1.165, 1.54) is 23.1 Å². The number of carbonyl (C=O) groups is 2. The van der Waals surface area contributed by atoms with Gasteiger partial charge >= 0.3 is 0 Å². The lowest BCUT2D eigenvalue weighted by Gasteiger charge is -2.38. The molecule has 0 saturated heterocycles. The first-order chi connectivity index (χ1) is 19.2. The van der Waals surface area contributed by atoms with Crippen LogP contribution in [-0.4, -0.2) is 27.6 Å². The Hall–Kier alpha value is -3.36. The largest absolute Gasteiger partial charge is 0.384 e. The molecule has 12 heteroatoms. The molecule has 1 aliphatic heterocycles. The Labute approximate surface area is 249 Å². The fourth-order valence-corrected chi connectivity index (χ4v) is 7.17. The third kappa shape index (κ3) is 5.34. The fraction of sp³-hybridized carbons (Fsp3) is 0.250. The minimum atomic E-state index is -0.777. The molecule has 0 radical (unpaired) electrons. The van der Waals surface area contributed by atoms with Crippen molar-refractivity contribution >= 4 is 68.8 Å². The van der Waals surface area contributed by atoms with E-state index in [4.69, 9.17) is 28.9 Å². The molecule has 0 saturated carbocycles. The number of ketones is 1. The number of anilines is 2. The summed E-state index contributed by atoms with van der Waals surface area (Å²) in [5.74, 6) is -0.750. The maximum Gasteiger partial charge on any atom is 0.234 e. The third-order valence-electron chi connectivity index (χ3n) is 6.91. The van der Waals surface area contributed by atoms with E-state index in [1.54, 1.807) is 23.1 Å². The first-order valence-corrected chi connectivity index (χ1v) is 15.0. The van der Waals surface area contributed by atoms with E-state index in [-0.39, 0.29) is 28.8 Å². The van der Waals surface area contributed by atoms with Crippen LogP contribution in [0.4, 0.5) is 10.8 Å². The highest BCUT2D eigenvalue weighted by Gasteiger charge is 2.42. The maximum absolute atomic E-state index is 13.3. The molecule has 1 atom stereocenters. The highest BCUT2D eigenvalue weighted by molar-refractivity contribution is 8.01. The minimum Gasteiger partial charge on any atom is -0.384 e. The number of halogens is 2. The second-order valence-corrected chi connectivity index (χ2v) is 12.4. The average Bonchev–Trinajstić information content (AvgIpc) is 3.38. The molecule has 0 bridgehead atoms. The number of nitriles is 1. The number of hydrogen-bond acceptors (Lipinski definition) is 9. The Morgan fingerprint density at radius 3 is 2.65 bits per heavy atom. The standard InChI is InChI=1S/C28H24Cl2N6O2S2/c1-14-9-10-16(11-15(14)2)33-22(38)13-39-28-35-34-27(40-28)36-20-7-4-8-21(37)25(20)23(17(12-31)26(36)32)24-18(29)5-3-6-19(24)30/h3,5-6,9-11,23H,4,7-8,13,32H2,1-2H3,(H,33,38). The number of Topliss-reactive ketones (excluding diaryl/α,β-unsaturated/α-hetero) is 1. The SMILES string of the molecule is Cc1ccc(NC(=O)CSc2nnc(N3C(N)=C(C#N)C(c4c(Cl)cccc4Cl)C4=C3CCCC4=O)s2)cc1C. The van der Waals surface area contributed by atoms with Crippen LogP contribution in [0.5, 0.6) is 0 Å². The predicted molar refractivity (Wildman–Crippen MR) is 160 cm³/mol. The van der Waals surface area contributed by atoms with Crippen molar-refractivity contribution in [1.82, 2.24) is 10.2 Å². The number of rotatable bonds is 6. The molecule has 2 heterocycles. The molecule has 0 fully saturated rings. The van der Waals surface area contributed by atoms with Gasteiger partial charge in [0.2, 0.25) is 11.0 Å². The summed E-state index contributed by atoms with van der Waals surface area (Å²) in [5.41, 5.74) is 11.3. The maximum atomic E-state index is 13.3. The molecule has 1 aromatic heterocycles. The number of benzene rings is 2. The van der Waals surface area contributed by atoms with Crippen LogP contribution in [0.2, 0.25) is 10.0 Å². The van der Waals surface area contributed by atoms with Gasteiger partial charge in [0.1, 0.15) is 5.82 Å². The van der Waals surface area contributed by atoms with Crippen molar-refractivity contribution in [1.29, 1.82) is 5.26 Å². The smallest absolute Gasteiger partial charge is 0.234 e. The van der Waals surface area contributed by atoms with Crippen LogP contribution in [0.25, 0.3) is 0 Å². The van der Waals surface area contributed by atoms with Crippen LogP contribution < -0.4 is 16.0 Å². The summed E-state index contributed by atoms with van der Waals surface area (Å²) in [6.07, 6.45) is 1.53. The van der Waals surface area contributed by atoms with Gasteiger partial charge in [-0.3, -0.25) is 14.5 Å². The molecular formula is C28H24Cl2N6O2S2. The van der Waals surface area contributed by atoms with Crippen molar-refractivity contribution in [3.63, 3.8) is 0 Å². The van der Waals surface area contributed by atoms with Gasteiger partial charge in [-0.05, 0) is 62.1 Å². The van der Waals surface area contributed by atoms with Gasteiger partial charge in [-0.2, -0.15) is 5.26 Å². The minimum absolute atomic E-state index is 0.0883. The van der Waals surface area contributed by atoms with Gasteiger partial charge in [0.05, 0.1) is 23.3 Å². The topological polar surface area (TPSA) is 125 Å². The summed E-state index contributed by atoms with van der Waals surface area (Å²) in [5, 5.41) is 22.8. The Balaban J connectivity index is 1.43. The first-order valence-electron chi connectivity index (χ1n) is 12.4. The Morgan fingerprint density at radius 2 is 1.95 bits per heavy atom. The van der Waals surface area contributed by atoms with Gasteiger partial charge in [0, 0.05) is 39.0 Å². The highest BCUT2D eigenvalue weighted by Crippen LogP contribution is 2.49. The zero-order valence-electron chi connectivity index (χ0n) is 21.6. The van der Waals surface area contributed by atoms with Gasteiger partial charge in [-0.1, -0.05) is 58.4 Å². The summed E-state index contributed by atoms with van der Waals surface area (Å²) < 4.78 is 0.553. The molecule has 40 heavy (non-hydrogen) atoms. The fourth-order valence-electron chi connectivity index (χ4n) is 4.87. The second kappa shape index (κ2) is 11.6. The van der Waals surface area contributed by atoms with E-state index in [9.17, 15) is 14.9 Å². The number of hydrogen-bond donors (Lipinski definition) is 2. The second-order valence-electron chi connectivity index (χ2n) is 9.44. The molecule has 1 unspecified atom stereocenters. The molecule has 3 aromatic rings. The van der Waals surface area contributed by atoms with E-state index in [2.05, 4.69) is 21.6 Å². The number of amides is 1. The Bertz CT molecular complexity index is 1620. The van der Waals surface area contributed by atoms with Crippen LogP contribution in [0.3, 0.4) is 0 Å². The molecule has 2 aromatic carbocycles. The molecular weight excluding hydrogens is 587 g/mol. The molecule has 0 spiro atoms. The monoisotopic (exact) mass is 610 g/mol. The van der Waals surface area contributed by atoms with Gasteiger partial charge in [-0.25, -0.2) is 0 Å².